The van der Waals surface area contributed by atoms with E-state index in [2.05, 4.69) is 20.4 Å². The van der Waals surface area contributed by atoms with Crippen molar-refractivity contribution >= 4 is 0 Å². The van der Waals surface area contributed by atoms with Crippen LogP contribution in [0.4, 0.5) is 0 Å². The molecule has 0 aliphatic heterocycles. The van der Waals surface area contributed by atoms with Gasteiger partial charge in [0, 0.05) is 0 Å². The summed E-state index contributed by atoms with van der Waals surface area (Å²) >= 11 is 0. The molecule has 0 bridgehead atoms. The predicted molar refractivity (Wildman–Crippen MR) is 90.3 cm³/mol. The summed E-state index contributed by atoms with van der Waals surface area (Å²) in [5, 5.41) is 19.5. The average Bonchev–Trinajstić information content (AvgIpc) is 2.88. The van der Waals surface area contributed by atoms with Gasteiger partial charge in [0.05, 0.1) is 12.7 Å². The molecule has 0 heterocycles. The Morgan fingerprint density at radius 2 is 2.14 bits per heavy atom. The number of hydrogen-bond donors (Lipinski definition) is 2. The number of hydrogen-bond acceptors (Lipinski definition) is 2. The zero-order valence-electron chi connectivity index (χ0n) is 14.4. The van der Waals surface area contributed by atoms with E-state index in [9.17, 15) is 5.11 Å². The summed E-state index contributed by atoms with van der Waals surface area (Å²) in [4.78, 5) is 0. The quantitative estimate of drug-likeness (QED) is 0.772. The van der Waals surface area contributed by atoms with Gasteiger partial charge >= 0.3 is 0 Å². The summed E-state index contributed by atoms with van der Waals surface area (Å²) in [5.41, 5.74) is 2.66. The Kier molecular flexibility index (Phi) is 4.28. The summed E-state index contributed by atoms with van der Waals surface area (Å²) in [7, 11) is 0. The Balaban J connectivity index is 1.76. The molecule has 0 spiro atoms. The summed E-state index contributed by atoms with van der Waals surface area (Å²) in [6, 6.07) is 0. The standard InChI is InChI=1S/C20H32O2/c1-12(11-21)9-15(22)10-20(4)17-8-6-13(2)16-7-5-14(3)18(16)19(17)20/h9,14-19,21-22H,2,5-8,10-11H2,1,3-4H3/b12-9-/t14-,15-,16+,17-,18-,19-,20+/m1/s1. The van der Waals surface area contributed by atoms with E-state index in [4.69, 9.17) is 5.11 Å². The first kappa shape index (κ1) is 16.3. The van der Waals surface area contributed by atoms with Crippen LogP contribution >= 0.6 is 0 Å². The number of aliphatic hydroxyl groups excluding tert-OH is 2. The summed E-state index contributed by atoms with van der Waals surface area (Å²) < 4.78 is 0. The molecule has 3 rings (SSSR count). The molecule has 3 fully saturated rings. The number of allylic oxidation sites excluding steroid dienone is 1. The second-order valence-corrected chi connectivity index (χ2v) is 8.52. The van der Waals surface area contributed by atoms with Crippen molar-refractivity contribution in [1.82, 2.24) is 0 Å². The zero-order valence-corrected chi connectivity index (χ0v) is 14.4. The molecule has 2 N–H and O–H groups in total. The van der Waals surface area contributed by atoms with Gasteiger partial charge in [-0.3, -0.25) is 0 Å². The molecule has 0 aromatic carbocycles. The van der Waals surface area contributed by atoms with Crippen LogP contribution in [0.5, 0.6) is 0 Å². The molecule has 0 unspecified atom stereocenters. The first-order valence-corrected chi connectivity index (χ1v) is 9.02. The van der Waals surface area contributed by atoms with Crippen molar-refractivity contribution in [1.29, 1.82) is 0 Å². The van der Waals surface area contributed by atoms with Crippen molar-refractivity contribution in [3.05, 3.63) is 23.8 Å². The van der Waals surface area contributed by atoms with Crippen molar-refractivity contribution < 1.29 is 10.2 Å². The molecular weight excluding hydrogens is 272 g/mol. The van der Waals surface area contributed by atoms with E-state index in [1.807, 2.05) is 13.0 Å². The first-order chi connectivity index (χ1) is 10.4. The molecule has 0 radical (unpaired) electrons. The molecule has 22 heavy (non-hydrogen) atoms. The van der Waals surface area contributed by atoms with Gasteiger partial charge in [-0.05, 0) is 79.6 Å². The highest BCUT2D eigenvalue weighted by Gasteiger charge is 2.66. The second-order valence-electron chi connectivity index (χ2n) is 8.52. The van der Waals surface area contributed by atoms with Crippen molar-refractivity contribution in [3.63, 3.8) is 0 Å². The second kappa shape index (κ2) is 5.79. The van der Waals surface area contributed by atoms with Crippen molar-refractivity contribution in [3.8, 4) is 0 Å². The minimum Gasteiger partial charge on any atom is -0.392 e. The largest absolute Gasteiger partial charge is 0.392 e. The number of fused-ring (bicyclic) bond motifs is 3. The van der Waals surface area contributed by atoms with Crippen LogP contribution in [-0.2, 0) is 0 Å². The molecule has 0 aromatic rings. The van der Waals surface area contributed by atoms with Crippen LogP contribution < -0.4 is 0 Å². The molecule has 0 amide bonds. The smallest absolute Gasteiger partial charge is 0.0729 e. The SMILES string of the molecule is C=C1CC[C@@H]2[C@H]([C@@H]3[C@H](C)CC[C@@H]13)[C@@]2(C)C[C@H](O)/C=C(/C)CO. The van der Waals surface area contributed by atoms with E-state index in [1.54, 1.807) is 0 Å². The lowest BCUT2D eigenvalue weighted by Crippen LogP contribution is -2.22. The molecule has 0 saturated heterocycles. The monoisotopic (exact) mass is 304 g/mol. The maximum Gasteiger partial charge on any atom is 0.0729 e. The Morgan fingerprint density at radius 3 is 2.82 bits per heavy atom. The van der Waals surface area contributed by atoms with Crippen LogP contribution in [0.3, 0.4) is 0 Å². The normalized spacial score (nSPS) is 46.0. The summed E-state index contributed by atoms with van der Waals surface area (Å²) in [5.74, 6) is 3.86. The minimum absolute atomic E-state index is 0.0438. The van der Waals surface area contributed by atoms with Crippen LogP contribution in [0.15, 0.2) is 23.8 Å². The predicted octanol–water partition coefficient (Wildman–Crippen LogP) is 3.94. The van der Waals surface area contributed by atoms with Crippen molar-refractivity contribution in [2.45, 2.75) is 59.0 Å². The Morgan fingerprint density at radius 1 is 1.41 bits per heavy atom. The fraction of sp³-hybridized carbons (Fsp3) is 0.800. The van der Waals surface area contributed by atoms with Gasteiger partial charge in [0.15, 0.2) is 0 Å². The Hall–Kier alpha value is -0.600. The highest BCUT2D eigenvalue weighted by molar-refractivity contribution is 5.22. The molecule has 3 aliphatic rings. The first-order valence-electron chi connectivity index (χ1n) is 9.02. The van der Waals surface area contributed by atoms with Gasteiger partial charge < -0.3 is 10.2 Å². The van der Waals surface area contributed by atoms with Crippen molar-refractivity contribution in [2.24, 2.45) is 35.0 Å². The lowest BCUT2D eigenvalue weighted by atomic mass is 9.78. The number of rotatable bonds is 4. The van der Waals surface area contributed by atoms with Gasteiger partial charge in [0.2, 0.25) is 0 Å². The summed E-state index contributed by atoms with van der Waals surface area (Å²) in [6.07, 6.45) is 7.40. The summed E-state index contributed by atoms with van der Waals surface area (Å²) in [6.45, 7) is 11.1. The molecule has 124 valence electrons. The average molecular weight is 304 g/mol. The van der Waals surface area contributed by atoms with Crippen molar-refractivity contribution in [2.75, 3.05) is 6.61 Å². The Labute approximate surface area is 135 Å². The molecule has 0 aromatic heterocycles. The van der Waals surface area contributed by atoms with Gasteiger partial charge in [0.25, 0.3) is 0 Å². The van der Waals surface area contributed by atoms with E-state index in [1.165, 1.54) is 31.3 Å². The van der Waals surface area contributed by atoms with E-state index < -0.39 is 6.10 Å². The molecule has 3 saturated carbocycles. The maximum absolute atomic E-state index is 10.4. The highest BCUT2D eigenvalue weighted by Crippen LogP contribution is 2.72. The number of aliphatic hydroxyl groups is 2. The maximum atomic E-state index is 10.4. The lowest BCUT2D eigenvalue weighted by molar-refractivity contribution is 0.160. The van der Waals surface area contributed by atoms with E-state index in [0.717, 1.165) is 41.6 Å². The lowest BCUT2D eigenvalue weighted by Gasteiger charge is -2.27. The van der Waals surface area contributed by atoms with Gasteiger partial charge in [0.1, 0.15) is 0 Å². The van der Waals surface area contributed by atoms with Gasteiger partial charge in [-0.25, -0.2) is 0 Å². The topological polar surface area (TPSA) is 40.5 Å². The van der Waals surface area contributed by atoms with E-state index in [0.29, 0.717) is 0 Å². The third-order valence-corrected chi connectivity index (χ3v) is 7.08. The van der Waals surface area contributed by atoms with Crippen LogP contribution in [0.25, 0.3) is 0 Å². The third-order valence-electron chi connectivity index (χ3n) is 7.08. The van der Waals surface area contributed by atoms with Crippen LogP contribution in [0, 0.1) is 35.0 Å². The van der Waals surface area contributed by atoms with E-state index >= 15 is 0 Å². The fourth-order valence-corrected chi connectivity index (χ4v) is 5.93. The third kappa shape index (κ3) is 2.59. The fourth-order valence-electron chi connectivity index (χ4n) is 5.93. The molecular formula is C20H32O2. The molecule has 2 nitrogen and oxygen atoms in total. The van der Waals surface area contributed by atoms with E-state index in [-0.39, 0.29) is 12.0 Å². The van der Waals surface area contributed by atoms with Gasteiger partial charge in [-0.2, -0.15) is 0 Å². The molecule has 2 heteroatoms. The van der Waals surface area contributed by atoms with Gasteiger partial charge in [-0.15, -0.1) is 0 Å². The Bertz CT molecular complexity index is 480. The highest BCUT2D eigenvalue weighted by atomic mass is 16.3. The molecule has 3 aliphatic carbocycles. The van der Waals surface area contributed by atoms with Crippen LogP contribution in [0.2, 0.25) is 0 Å². The van der Waals surface area contributed by atoms with Gasteiger partial charge in [-0.1, -0.05) is 32.1 Å². The van der Waals surface area contributed by atoms with Crippen LogP contribution in [0.1, 0.15) is 52.9 Å². The molecule has 7 atom stereocenters. The zero-order chi connectivity index (χ0) is 16.1. The minimum atomic E-state index is -0.414. The van der Waals surface area contributed by atoms with Crippen LogP contribution in [-0.4, -0.2) is 22.9 Å².